The van der Waals surface area contributed by atoms with Crippen molar-refractivity contribution in [3.8, 4) is 11.5 Å². The summed E-state index contributed by atoms with van der Waals surface area (Å²) < 4.78 is 23.0. The van der Waals surface area contributed by atoms with Gasteiger partial charge >= 0.3 is 0 Å². The maximum absolute atomic E-state index is 13.0. The molecule has 1 N–H and O–H groups in total. The summed E-state index contributed by atoms with van der Waals surface area (Å²) in [5, 5.41) is 9.39. The number of hydrogen-bond acceptors (Lipinski definition) is 6. The molecule has 0 aromatic heterocycles. The third kappa shape index (κ3) is 4.21. The van der Waals surface area contributed by atoms with E-state index in [4.69, 9.17) is 18.9 Å². The zero-order chi connectivity index (χ0) is 20.2. The molecule has 0 radical (unpaired) electrons. The van der Waals surface area contributed by atoms with E-state index >= 15 is 0 Å². The second-order valence-corrected chi connectivity index (χ2v) is 7.64. The topological polar surface area (TPSA) is 77.5 Å². The monoisotopic (exact) mass is 403 g/mol. The summed E-state index contributed by atoms with van der Waals surface area (Å²) >= 11 is 0. The van der Waals surface area contributed by atoms with Gasteiger partial charge in [0.15, 0.2) is 17.3 Å². The first-order valence-electron chi connectivity index (χ1n) is 10.5. The molecule has 1 aromatic carbocycles. The standard InChI is InChI=1S/C22H29NO6/c1-2-26-22-16(6-5-11-24)17(15-7-8-18-19(12-15)28-14-27-18)13-20(29-22)21(25)23-9-3-4-10-23/h7-8,12-13,16-17,22,24H,2-6,9-11,14H2,1H3/t16-,17+,22+/m1/s1. The van der Waals surface area contributed by atoms with Gasteiger partial charge in [-0.2, -0.15) is 0 Å². The molecule has 158 valence electrons. The highest BCUT2D eigenvalue weighted by Crippen LogP contribution is 2.43. The first kappa shape index (κ1) is 20.0. The number of benzene rings is 1. The van der Waals surface area contributed by atoms with Crippen LogP contribution in [0.25, 0.3) is 0 Å². The maximum Gasteiger partial charge on any atom is 0.288 e. The second-order valence-electron chi connectivity index (χ2n) is 7.64. The lowest BCUT2D eigenvalue weighted by atomic mass is 9.80. The molecule has 3 aliphatic rings. The molecule has 0 spiro atoms. The molecule has 1 amide bonds. The van der Waals surface area contributed by atoms with E-state index in [-0.39, 0.29) is 31.1 Å². The third-order valence-electron chi connectivity index (χ3n) is 5.80. The molecule has 0 bridgehead atoms. The van der Waals surface area contributed by atoms with Gasteiger partial charge in [0.05, 0.1) is 0 Å². The number of carbonyl (C=O) groups is 1. The van der Waals surface area contributed by atoms with Gasteiger partial charge in [0.2, 0.25) is 13.1 Å². The number of rotatable bonds is 7. The highest BCUT2D eigenvalue weighted by molar-refractivity contribution is 5.92. The molecule has 1 fully saturated rings. The zero-order valence-electron chi connectivity index (χ0n) is 16.8. The van der Waals surface area contributed by atoms with Crippen LogP contribution >= 0.6 is 0 Å². The summed E-state index contributed by atoms with van der Waals surface area (Å²) in [7, 11) is 0. The Bertz CT molecular complexity index is 758. The van der Waals surface area contributed by atoms with E-state index in [9.17, 15) is 9.90 Å². The normalized spacial score (nSPS) is 25.7. The van der Waals surface area contributed by atoms with Crippen LogP contribution in [0.4, 0.5) is 0 Å². The number of hydrogen-bond donors (Lipinski definition) is 1. The minimum Gasteiger partial charge on any atom is -0.459 e. The Morgan fingerprint density at radius 2 is 2.03 bits per heavy atom. The quantitative estimate of drug-likeness (QED) is 0.754. The van der Waals surface area contributed by atoms with Gasteiger partial charge in [-0.1, -0.05) is 6.07 Å². The average molecular weight is 403 g/mol. The van der Waals surface area contributed by atoms with E-state index in [0.717, 1.165) is 43.7 Å². The van der Waals surface area contributed by atoms with Crippen LogP contribution < -0.4 is 9.47 Å². The summed E-state index contributed by atoms with van der Waals surface area (Å²) in [5.41, 5.74) is 1.02. The van der Waals surface area contributed by atoms with E-state index in [0.29, 0.717) is 24.5 Å². The van der Waals surface area contributed by atoms with Crippen LogP contribution in [0.15, 0.2) is 30.0 Å². The Morgan fingerprint density at radius 3 is 2.79 bits per heavy atom. The first-order chi connectivity index (χ1) is 14.2. The molecule has 4 rings (SSSR count). The van der Waals surface area contributed by atoms with Crippen LogP contribution in [0.1, 0.15) is 44.1 Å². The van der Waals surface area contributed by atoms with Crippen LogP contribution in [0, 0.1) is 5.92 Å². The Kier molecular flexibility index (Phi) is 6.25. The Labute approximate surface area is 171 Å². The number of aliphatic hydroxyl groups excluding tert-OH is 1. The number of nitrogens with zero attached hydrogens (tertiary/aromatic N) is 1. The van der Waals surface area contributed by atoms with E-state index in [1.807, 2.05) is 36.1 Å². The van der Waals surface area contributed by atoms with Gasteiger partial charge < -0.3 is 29.0 Å². The highest BCUT2D eigenvalue weighted by atomic mass is 16.7. The molecular weight excluding hydrogens is 374 g/mol. The van der Waals surface area contributed by atoms with Crippen molar-refractivity contribution in [3.63, 3.8) is 0 Å². The number of aliphatic hydroxyl groups is 1. The predicted octanol–water partition coefficient (Wildman–Crippen LogP) is 2.79. The van der Waals surface area contributed by atoms with Crippen molar-refractivity contribution in [1.29, 1.82) is 0 Å². The van der Waals surface area contributed by atoms with Crippen molar-refractivity contribution >= 4 is 5.91 Å². The fourth-order valence-electron chi connectivity index (χ4n) is 4.33. The Hall–Kier alpha value is -2.25. The van der Waals surface area contributed by atoms with Gasteiger partial charge in [-0.25, -0.2) is 0 Å². The van der Waals surface area contributed by atoms with Crippen LogP contribution in [0.2, 0.25) is 0 Å². The van der Waals surface area contributed by atoms with E-state index < -0.39 is 6.29 Å². The maximum atomic E-state index is 13.0. The average Bonchev–Trinajstić information content (AvgIpc) is 3.43. The predicted molar refractivity (Wildman–Crippen MR) is 106 cm³/mol. The van der Waals surface area contributed by atoms with Gasteiger partial charge in [-0.15, -0.1) is 0 Å². The van der Waals surface area contributed by atoms with Crippen molar-refractivity contribution in [1.82, 2.24) is 4.90 Å². The molecule has 29 heavy (non-hydrogen) atoms. The second kappa shape index (κ2) is 9.05. The molecule has 3 heterocycles. The summed E-state index contributed by atoms with van der Waals surface area (Å²) in [4.78, 5) is 14.9. The highest BCUT2D eigenvalue weighted by Gasteiger charge is 2.39. The van der Waals surface area contributed by atoms with Crippen molar-refractivity contribution < 1.29 is 28.8 Å². The molecule has 7 heteroatoms. The van der Waals surface area contributed by atoms with Crippen molar-refractivity contribution in [2.45, 2.75) is 44.8 Å². The first-order valence-corrected chi connectivity index (χ1v) is 10.5. The van der Waals surface area contributed by atoms with Gasteiger partial charge in [0, 0.05) is 38.1 Å². The van der Waals surface area contributed by atoms with E-state index in [1.165, 1.54) is 0 Å². The SMILES string of the molecule is CCO[C@H]1OC(C(=O)N2CCCC2)=C[C@@H](c2ccc3c(c2)OCO3)[C@H]1CCCO. The van der Waals surface area contributed by atoms with Crippen LogP contribution in [-0.2, 0) is 14.3 Å². The van der Waals surface area contributed by atoms with E-state index in [1.54, 1.807) is 0 Å². The van der Waals surface area contributed by atoms with Crippen molar-refractivity contribution in [2.24, 2.45) is 5.92 Å². The molecule has 7 nitrogen and oxygen atoms in total. The van der Waals surface area contributed by atoms with Crippen LogP contribution in [0.5, 0.6) is 11.5 Å². The molecule has 0 aliphatic carbocycles. The molecule has 3 aliphatic heterocycles. The Balaban J connectivity index is 1.68. The third-order valence-corrected chi connectivity index (χ3v) is 5.80. The summed E-state index contributed by atoms with van der Waals surface area (Å²) in [6.45, 7) is 4.26. The summed E-state index contributed by atoms with van der Waals surface area (Å²) in [6.07, 6.45) is 4.81. The zero-order valence-corrected chi connectivity index (χ0v) is 16.8. The largest absolute Gasteiger partial charge is 0.459 e. The van der Waals surface area contributed by atoms with Crippen molar-refractivity contribution in [2.75, 3.05) is 33.1 Å². The summed E-state index contributed by atoms with van der Waals surface area (Å²) in [5.74, 6) is 1.63. The number of amides is 1. The van der Waals surface area contributed by atoms with Gasteiger partial charge in [0.1, 0.15) is 0 Å². The lowest BCUT2D eigenvalue weighted by molar-refractivity contribution is -0.170. The molecule has 0 unspecified atom stereocenters. The van der Waals surface area contributed by atoms with Crippen molar-refractivity contribution in [3.05, 3.63) is 35.6 Å². The fourth-order valence-corrected chi connectivity index (χ4v) is 4.33. The van der Waals surface area contributed by atoms with Crippen LogP contribution in [-0.4, -0.2) is 55.3 Å². The number of allylic oxidation sites excluding steroid dienone is 1. The number of likely N-dealkylation sites (tertiary alicyclic amines) is 1. The number of fused-ring (bicyclic) bond motifs is 1. The molecule has 1 saturated heterocycles. The van der Waals surface area contributed by atoms with Gasteiger partial charge in [-0.05, 0) is 56.4 Å². The van der Waals surface area contributed by atoms with Crippen LogP contribution in [0.3, 0.4) is 0 Å². The minimum atomic E-state index is -0.534. The minimum absolute atomic E-state index is 0.0161. The van der Waals surface area contributed by atoms with Gasteiger partial charge in [0.25, 0.3) is 5.91 Å². The lowest BCUT2D eigenvalue weighted by Crippen LogP contribution is -2.39. The number of carbonyl (C=O) groups excluding carboxylic acids is 1. The molecular formula is C22H29NO6. The molecule has 3 atom stereocenters. The van der Waals surface area contributed by atoms with Gasteiger partial charge in [-0.3, -0.25) is 4.79 Å². The molecule has 0 saturated carbocycles. The lowest BCUT2D eigenvalue weighted by Gasteiger charge is -2.37. The molecule has 1 aromatic rings. The summed E-state index contributed by atoms with van der Waals surface area (Å²) in [6, 6.07) is 5.89. The Morgan fingerprint density at radius 1 is 1.24 bits per heavy atom. The number of ether oxygens (including phenoxy) is 4. The van der Waals surface area contributed by atoms with E-state index in [2.05, 4.69) is 0 Å². The fraction of sp³-hybridized carbons (Fsp3) is 0.591. The smallest absolute Gasteiger partial charge is 0.288 e.